The number of imide groups is 4. The van der Waals surface area contributed by atoms with Gasteiger partial charge >= 0.3 is 12.3 Å². The van der Waals surface area contributed by atoms with Gasteiger partial charge in [0.1, 0.15) is 0 Å². The van der Waals surface area contributed by atoms with Crippen LogP contribution in [0.1, 0.15) is 42.4 Å². The van der Waals surface area contributed by atoms with Gasteiger partial charge < -0.3 is 14.6 Å². The molecule has 17 heteroatoms. The number of alkyl halides is 3. The molecule has 2 aliphatic carbocycles. The Morgan fingerprint density at radius 1 is 1.04 bits per heavy atom. The lowest BCUT2D eigenvalue weighted by atomic mass is 9.49. The van der Waals surface area contributed by atoms with Gasteiger partial charge in [0, 0.05) is 17.1 Å². The Morgan fingerprint density at radius 2 is 1.75 bits per heavy atom. The number of phenolic OH excluding ortho intramolecular Hbond substituents is 1. The van der Waals surface area contributed by atoms with Crippen LogP contribution in [0.15, 0.2) is 66.4 Å². The number of carbonyl (C=O) groups is 5. The van der Waals surface area contributed by atoms with Crippen LogP contribution in [0.25, 0.3) is 0 Å². The fourth-order valence-electron chi connectivity index (χ4n) is 8.41. The molecule has 276 valence electrons. The van der Waals surface area contributed by atoms with Crippen molar-refractivity contribution in [1.82, 2.24) is 14.9 Å². The van der Waals surface area contributed by atoms with Crippen molar-refractivity contribution in [2.45, 2.75) is 37.3 Å². The van der Waals surface area contributed by atoms with Gasteiger partial charge in [0.25, 0.3) is 11.8 Å². The van der Waals surface area contributed by atoms with Crippen LogP contribution in [0.4, 0.5) is 23.8 Å². The number of hydrazine groups is 1. The first-order valence-corrected chi connectivity index (χ1v) is 17.2. The number of anilines is 1. The average Bonchev–Trinajstić information content (AvgIpc) is 3.50. The van der Waals surface area contributed by atoms with Crippen molar-refractivity contribution >= 4 is 58.7 Å². The van der Waals surface area contributed by atoms with Crippen LogP contribution in [-0.2, 0) is 35.5 Å². The number of carbonyl (C=O) groups excluding carboxylic acids is 5. The lowest BCUT2D eigenvalue weighted by Gasteiger charge is -2.50. The van der Waals surface area contributed by atoms with Gasteiger partial charge in [-0.15, -0.1) is 0 Å². The van der Waals surface area contributed by atoms with Crippen LogP contribution < -0.4 is 10.2 Å². The zero-order chi connectivity index (χ0) is 38.1. The molecule has 5 amide bonds. The Labute approximate surface area is 309 Å². The third kappa shape index (κ3) is 5.50. The van der Waals surface area contributed by atoms with Gasteiger partial charge in [0.15, 0.2) is 17.3 Å². The van der Waals surface area contributed by atoms with Gasteiger partial charge in [-0.3, -0.25) is 24.6 Å². The molecule has 2 aromatic carbocycles. The quantitative estimate of drug-likeness (QED) is 0.217. The minimum Gasteiger partial charge on any atom is -0.504 e. The lowest BCUT2D eigenvalue weighted by molar-refractivity contribution is -0.140. The first-order valence-electron chi connectivity index (χ1n) is 16.4. The minimum absolute atomic E-state index is 0.0119. The summed E-state index contributed by atoms with van der Waals surface area (Å²) in [6.45, 7) is 1.87. The number of allylic oxidation sites excluding steroid dienone is 2. The van der Waals surface area contributed by atoms with Gasteiger partial charge in [-0.25, -0.2) is 9.78 Å². The molecule has 1 saturated carbocycles. The van der Waals surface area contributed by atoms with E-state index in [2.05, 4.69) is 10.4 Å². The van der Waals surface area contributed by atoms with E-state index < -0.39 is 87.3 Å². The molecule has 53 heavy (non-hydrogen) atoms. The predicted octanol–water partition coefficient (Wildman–Crippen LogP) is 6.26. The van der Waals surface area contributed by atoms with E-state index in [0.29, 0.717) is 43.9 Å². The summed E-state index contributed by atoms with van der Waals surface area (Å²) in [5.74, 6) is -9.02. The average molecular weight is 774 g/mol. The molecular formula is C36H29Cl2F3N4O8. The molecular weight excluding hydrogens is 744 g/mol. The lowest BCUT2D eigenvalue weighted by Crippen LogP contribution is -2.53. The largest absolute Gasteiger partial charge is 0.504 e. The Bertz CT molecular complexity index is 2110. The van der Waals surface area contributed by atoms with E-state index in [1.807, 2.05) is 0 Å². The van der Waals surface area contributed by atoms with Crippen LogP contribution in [-0.4, -0.2) is 63.4 Å². The number of aromatic nitrogens is 1. The molecule has 3 fully saturated rings. The number of amides is 5. The number of nitrogens with zero attached hydrogens (tertiary/aromatic N) is 3. The number of pyridine rings is 1. The molecule has 0 radical (unpaired) electrons. The number of aromatic hydroxyl groups is 1. The molecule has 7 rings (SSSR count). The smallest absolute Gasteiger partial charge is 0.423 e. The van der Waals surface area contributed by atoms with E-state index in [-0.39, 0.29) is 30.9 Å². The van der Waals surface area contributed by atoms with Gasteiger partial charge in [-0.1, -0.05) is 53.1 Å². The molecule has 3 aromatic rings. The van der Waals surface area contributed by atoms with Gasteiger partial charge in [0.05, 0.1) is 47.5 Å². The molecule has 1 aromatic heterocycles. The third-order valence-corrected chi connectivity index (χ3v) is 11.1. The summed E-state index contributed by atoms with van der Waals surface area (Å²) in [5, 5.41) is 11.1. The van der Waals surface area contributed by atoms with Crippen molar-refractivity contribution in [3.8, 4) is 11.5 Å². The van der Waals surface area contributed by atoms with E-state index in [4.69, 9.17) is 32.7 Å². The SMILES string of the molecule is CCOc1cc([C@H]2C3=CC[C@@H]4C(=O)N(C(=O)OC)C(=O)[C@@H]4[C@@H]3C[C@H]3C(=O)N(Nc4ncc(C(F)(F)F)cc4Cl)C(=O)[C@@]23c2ccc(Cl)cc2)ccc1O. The number of fused-ring (bicyclic) bond motifs is 4. The van der Waals surface area contributed by atoms with Crippen LogP contribution >= 0.6 is 23.2 Å². The molecule has 2 N–H and O–H groups in total. The van der Waals surface area contributed by atoms with E-state index in [1.54, 1.807) is 31.2 Å². The normalized spacial score (nSPS) is 26.5. The highest BCUT2D eigenvalue weighted by atomic mass is 35.5. The van der Waals surface area contributed by atoms with Crippen LogP contribution in [0, 0.1) is 23.7 Å². The van der Waals surface area contributed by atoms with Gasteiger partial charge in [-0.05, 0) is 67.1 Å². The summed E-state index contributed by atoms with van der Waals surface area (Å²) in [5.41, 5.74) is 0.851. The number of ether oxygens (including phenoxy) is 2. The first-order chi connectivity index (χ1) is 25.1. The fraction of sp³-hybridized carbons (Fsp3) is 0.333. The van der Waals surface area contributed by atoms with E-state index in [0.717, 1.165) is 7.11 Å². The molecule has 12 nitrogen and oxygen atoms in total. The molecule has 0 spiro atoms. The highest BCUT2D eigenvalue weighted by Crippen LogP contribution is 2.64. The van der Waals surface area contributed by atoms with E-state index in [1.165, 1.54) is 24.3 Å². The number of methoxy groups -OCH3 is 1. The Kier molecular flexibility index (Phi) is 8.92. The maximum absolute atomic E-state index is 15.2. The van der Waals surface area contributed by atoms with Crippen LogP contribution in [0.3, 0.4) is 0 Å². The number of likely N-dealkylation sites (tertiary alicyclic amines) is 1. The van der Waals surface area contributed by atoms with E-state index >= 15 is 4.79 Å². The fourth-order valence-corrected chi connectivity index (χ4v) is 8.74. The summed E-state index contributed by atoms with van der Waals surface area (Å²) >= 11 is 12.5. The topological polar surface area (TPSA) is 155 Å². The van der Waals surface area contributed by atoms with Crippen LogP contribution in [0.2, 0.25) is 10.0 Å². The summed E-state index contributed by atoms with van der Waals surface area (Å²) in [7, 11) is 1.04. The van der Waals surface area contributed by atoms with Crippen molar-refractivity contribution in [3.63, 3.8) is 0 Å². The Hall–Kier alpha value is -5.15. The van der Waals surface area contributed by atoms with Crippen molar-refractivity contribution in [2.75, 3.05) is 19.1 Å². The molecule has 2 saturated heterocycles. The monoisotopic (exact) mass is 772 g/mol. The first kappa shape index (κ1) is 36.2. The molecule has 0 bridgehead atoms. The Balaban J connectivity index is 1.45. The molecule has 0 unspecified atom stereocenters. The summed E-state index contributed by atoms with van der Waals surface area (Å²) in [6, 6.07) is 11.3. The van der Waals surface area contributed by atoms with Crippen molar-refractivity contribution in [2.24, 2.45) is 23.7 Å². The highest BCUT2D eigenvalue weighted by molar-refractivity contribution is 6.33. The molecule has 6 atom stereocenters. The predicted molar refractivity (Wildman–Crippen MR) is 180 cm³/mol. The number of hydrogen-bond acceptors (Lipinski definition) is 10. The Morgan fingerprint density at radius 3 is 2.40 bits per heavy atom. The zero-order valence-electron chi connectivity index (χ0n) is 27.8. The van der Waals surface area contributed by atoms with Crippen LogP contribution in [0.5, 0.6) is 11.5 Å². The second-order valence-electron chi connectivity index (χ2n) is 13.1. The number of rotatable bonds is 6. The summed E-state index contributed by atoms with van der Waals surface area (Å²) in [4.78, 5) is 74.2. The van der Waals surface area contributed by atoms with Gasteiger partial charge in [0.2, 0.25) is 11.8 Å². The zero-order valence-corrected chi connectivity index (χ0v) is 29.3. The highest BCUT2D eigenvalue weighted by Gasteiger charge is 2.70. The summed E-state index contributed by atoms with van der Waals surface area (Å²) < 4.78 is 50.7. The molecule has 3 heterocycles. The van der Waals surface area contributed by atoms with Crippen molar-refractivity contribution in [3.05, 3.63) is 93.1 Å². The maximum Gasteiger partial charge on any atom is 0.423 e. The van der Waals surface area contributed by atoms with Gasteiger partial charge in [-0.2, -0.15) is 23.1 Å². The van der Waals surface area contributed by atoms with Crippen molar-refractivity contribution in [1.29, 1.82) is 0 Å². The number of phenols is 1. The number of halogens is 5. The number of benzene rings is 2. The molecule has 2 aliphatic heterocycles. The number of nitrogens with one attached hydrogen (secondary N) is 1. The standard InChI is InChI=1S/C36H29Cl2F3N4O8/c1-3-53-26-12-16(4-11-25(26)46)28-20-9-10-21-27(32(49)44(30(21)47)34(51)52-2)22(20)14-23-31(48)45(33(50)35(23,28)17-5-7-19(37)8-6-17)43-29-24(38)13-18(15-42-29)36(39,40)41/h4-9,11-13,15,21-23,27-28,46H,3,10,14H2,1-2H3,(H,42,43)/t21-,22+,23-,27-,28-,35+/m0/s1. The minimum atomic E-state index is -4.77. The molecule has 4 aliphatic rings. The third-order valence-electron chi connectivity index (χ3n) is 10.5. The summed E-state index contributed by atoms with van der Waals surface area (Å²) in [6.07, 6.45) is -3.83. The maximum atomic E-state index is 15.2. The van der Waals surface area contributed by atoms with Crippen molar-refractivity contribution < 1.29 is 51.7 Å². The second-order valence-corrected chi connectivity index (χ2v) is 13.9. The second kappa shape index (κ2) is 13.1. The van der Waals surface area contributed by atoms with E-state index in [9.17, 15) is 37.5 Å². The number of hydrogen-bond donors (Lipinski definition) is 2.